The Morgan fingerprint density at radius 1 is 1.33 bits per heavy atom. The highest BCUT2D eigenvalue weighted by molar-refractivity contribution is 8.27. The van der Waals surface area contributed by atoms with Crippen LogP contribution in [-0.2, 0) is 9.53 Å². The number of thioether (sulfide) groups is 1. The van der Waals surface area contributed by atoms with Gasteiger partial charge < -0.3 is 4.74 Å². The van der Waals surface area contributed by atoms with E-state index in [1.54, 1.807) is 48.8 Å². The molecule has 0 N–H and O–H groups in total. The van der Waals surface area contributed by atoms with Gasteiger partial charge >= 0.3 is 5.97 Å². The maximum atomic E-state index is 12.7. The highest BCUT2D eigenvalue weighted by atomic mass is 32.2. The van der Waals surface area contributed by atoms with Crippen molar-refractivity contribution in [2.75, 3.05) is 12.0 Å². The molecule has 0 saturated carbocycles. The number of anilines is 1. The first-order valence-electron chi connectivity index (χ1n) is 6.96. The van der Waals surface area contributed by atoms with Crippen LogP contribution in [0.3, 0.4) is 0 Å². The summed E-state index contributed by atoms with van der Waals surface area (Å²) in [5, 5.41) is 0. The molecule has 1 aromatic heterocycles. The summed E-state index contributed by atoms with van der Waals surface area (Å²) in [6, 6.07) is 10.3. The van der Waals surface area contributed by atoms with Gasteiger partial charge in [-0.1, -0.05) is 36.1 Å². The van der Waals surface area contributed by atoms with Gasteiger partial charge in [-0.15, -0.1) is 0 Å². The molecule has 120 valence electrons. The zero-order valence-corrected chi connectivity index (χ0v) is 14.3. The standard InChI is InChI=1S/C17H12N2O3S2/c1-22-16(21)12-5-2-6-13(9-12)19-15(20)14(24-17(19)23)8-11-4-3-7-18-10-11/h2-10H,1H3. The Labute approximate surface area is 148 Å². The van der Waals surface area contributed by atoms with E-state index in [9.17, 15) is 9.59 Å². The highest BCUT2D eigenvalue weighted by Crippen LogP contribution is 2.36. The van der Waals surface area contributed by atoms with E-state index >= 15 is 0 Å². The molecule has 0 atom stereocenters. The second-order valence-corrected chi connectivity index (χ2v) is 6.52. The average Bonchev–Trinajstić information content (AvgIpc) is 2.89. The molecule has 1 fully saturated rings. The van der Waals surface area contributed by atoms with Crippen LogP contribution < -0.4 is 4.90 Å². The number of carbonyl (C=O) groups is 2. The molecule has 1 saturated heterocycles. The lowest BCUT2D eigenvalue weighted by atomic mass is 10.2. The lowest BCUT2D eigenvalue weighted by Gasteiger charge is -2.15. The summed E-state index contributed by atoms with van der Waals surface area (Å²) in [6.45, 7) is 0. The first kappa shape index (κ1) is 16.4. The molecular formula is C17H12N2O3S2. The SMILES string of the molecule is COC(=O)c1cccc(N2C(=O)C(=Cc3cccnc3)SC2=S)c1. The number of amides is 1. The fourth-order valence-corrected chi connectivity index (χ4v) is 3.49. The van der Waals surface area contributed by atoms with Crippen LogP contribution in [0.15, 0.2) is 53.7 Å². The Bertz CT molecular complexity index is 850. The van der Waals surface area contributed by atoms with Gasteiger partial charge in [-0.2, -0.15) is 0 Å². The summed E-state index contributed by atoms with van der Waals surface area (Å²) < 4.78 is 5.12. The molecule has 5 nitrogen and oxygen atoms in total. The van der Waals surface area contributed by atoms with Crippen LogP contribution in [0.25, 0.3) is 6.08 Å². The summed E-state index contributed by atoms with van der Waals surface area (Å²) in [5.74, 6) is -0.691. The van der Waals surface area contributed by atoms with E-state index in [2.05, 4.69) is 4.98 Å². The number of benzene rings is 1. The minimum absolute atomic E-state index is 0.226. The van der Waals surface area contributed by atoms with Gasteiger partial charge in [0.05, 0.1) is 23.3 Å². The molecule has 1 aromatic carbocycles. The number of carbonyl (C=O) groups excluding carboxylic acids is 2. The lowest BCUT2D eigenvalue weighted by Crippen LogP contribution is -2.27. The van der Waals surface area contributed by atoms with E-state index in [1.807, 2.05) is 6.07 Å². The molecule has 0 bridgehead atoms. The molecule has 1 aliphatic rings. The summed E-state index contributed by atoms with van der Waals surface area (Å²) in [7, 11) is 1.31. The molecule has 0 aliphatic carbocycles. The molecule has 7 heteroatoms. The number of rotatable bonds is 3. The first-order valence-corrected chi connectivity index (χ1v) is 8.19. The molecule has 1 amide bonds. The molecule has 2 aromatic rings. The van der Waals surface area contributed by atoms with Crippen LogP contribution >= 0.6 is 24.0 Å². The monoisotopic (exact) mass is 356 g/mol. The van der Waals surface area contributed by atoms with Crippen molar-refractivity contribution in [3.63, 3.8) is 0 Å². The Balaban J connectivity index is 1.93. The van der Waals surface area contributed by atoms with Crippen molar-refractivity contribution in [1.82, 2.24) is 4.98 Å². The largest absolute Gasteiger partial charge is 0.465 e. The van der Waals surface area contributed by atoms with Gasteiger partial charge in [0.2, 0.25) is 0 Å². The highest BCUT2D eigenvalue weighted by Gasteiger charge is 2.33. The summed E-state index contributed by atoms with van der Waals surface area (Å²) in [5.41, 5.74) is 1.72. The predicted molar refractivity (Wildman–Crippen MR) is 97.7 cm³/mol. The fraction of sp³-hybridized carbons (Fsp3) is 0.0588. The zero-order valence-electron chi connectivity index (χ0n) is 12.6. The summed E-state index contributed by atoms with van der Waals surface area (Å²) in [4.78, 5) is 30.3. The molecule has 1 aliphatic heterocycles. The van der Waals surface area contributed by atoms with E-state index in [0.717, 1.165) is 5.56 Å². The van der Waals surface area contributed by atoms with Crippen molar-refractivity contribution in [1.29, 1.82) is 0 Å². The number of thiocarbonyl (C=S) groups is 1. The van der Waals surface area contributed by atoms with E-state index in [4.69, 9.17) is 17.0 Å². The maximum Gasteiger partial charge on any atom is 0.337 e. The van der Waals surface area contributed by atoms with Gasteiger partial charge in [0.25, 0.3) is 5.91 Å². The van der Waals surface area contributed by atoms with E-state index in [-0.39, 0.29) is 5.91 Å². The van der Waals surface area contributed by atoms with Crippen molar-refractivity contribution in [2.45, 2.75) is 0 Å². The molecular weight excluding hydrogens is 344 g/mol. The predicted octanol–water partition coefficient (Wildman–Crippen LogP) is 3.27. The molecule has 0 radical (unpaired) electrons. The van der Waals surface area contributed by atoms with Gasteiger partial charge in [0.1, 0.15) is 0 Å². The average molecular weight is 356 g/mol. The van der Waals surface area contributed by atoms with Crippen LogP contribution in [0, 0.1) is 0 Å². The number of ether oxygens (including phenoxy) is 1. The van der Waals surface area contributed by atoms with E-state index in [1.165, 1.54) is 23.8 Å². The molecule has 0 spiro atoms. The van der Waals surface area contributed by atoms with Crippen molar-refractivity contribution in [3.8, 4) is 0 Å². The first-order chi connectivity index (χ1) is 11.6. The second-order valence-electron chi connectivity index (χ2n) is 4.85. The Kier molecular flexibility index (Phi) is 4.73. The van der Waals surface area contributed by atoms with Crippen LogP contribution in [0.1, 0.15) is 15.9 Å². The number of aromatic nitrogens is 1. The number of pyridine rings is 1. The fourth-order valence-electron chi connectivity index (χ4n) is 2.19. The smallest absolute Gasteiger partial charge is 0.337 e. The Morgan fingerprint density at radius 2 is 2.17 bits per heavy atom. The van der Waals surface area contributed by atoms with Crippen LogP contribution in [0.2, 0.25) is 0 Å². The molecule has 0 unspecified atom stereocenters. The quantitative estimate of drug-likeness (QED) is 0.478. The van der Waals surface area contributed by atoms with Crippen molar-refractivity contribution < 1.29 is 14.3 Å². The van der Waals surface area contributed by atoms with Crippen molar-refractivity contribution in [3.05, 3.63) is 64.8 Å². The minimum atomic E-state index is -0.465. The number of hydrogen-bond donors (Lipinski definition) is 0. The minimum Gasteiger partial charge on any atom is -0.465 e. The Morgan fingerprint density at radius 3 is 2.88 bits per heavy atom. The number of esters is 1. The Hall–Kier alpha value is -2.51. The topological polar surface area (TPSA) is 59.5 Å². The van der Waals surface area contributed by atoms with Gasteiger partial charge in [0.15, 0.2) is 4.32 Å². The van der Waals surface area contributed by atoms with Gasteiger partial charge in [-0.25, -0.2) is 4.79 Å². The maximum absolute atomic E-state index is 12.7. The van der Waals surface area contributed by atoms with Crippen molar-refractivity contribution >= 4 is 51.9 Å². The van der Waals surface area contributed by atoms with Gasteiger partial charge in [0, 0.05) is 12.4 Å². The second kappa shape index (κ2) is 6.94. The summed E-state index contributed by atoms with van der Waals surface area (Å²) in [6.07, 6.45) is 5.09. The third kappa shape index (κ3) is 3.22. The summed E-state index contributed by atoms with van der Waals surface area (Å²) >= 11 is 6.54. The number of methoxy groups -OCH3 is 1. The normalized spacial score (nSPS) is 15.9. The van der Waals surface area contributed by atoms with E-state index < -0.39 is 5.97 Å². The van der Waals surface area contributed by atoms with E-state index in [0.29, 0.717) is 20.5 Å². The third-order valence-corrected chi connectivity index (χ3v) is 4.60. The van der Waals surface area contributed by atoms with Crippen LogP contribution in [0.5, 0.6) is 0 Å². The molecule has 24 heavy (non-hydrogen) atoms. The van der Waals surface area contributed by atoms with Crippen molar-refractivity contribution in [2.24, 2.45) is 0 Å². The number of nitrogens with zero attached hydrogens (tertiary/aromatic N) is 2. The third-order valence-electron chi connectivity index (χ3n) is 3.30. The molecule has 3 rings (SSSR count). The number of hydrogen-bond acceptors (Lipinski definition) is 6. The van der Waals surface area contributed by atoms with Crippen LogP contribution in [0.4, 0.5) is 5.69 Å². The lowest BCUT2D eigenvalue weighted by molar-refractivity contribution is -0.113. The van der Waals surface area contributed by atoms with Gasteiger partial charge in [-0.3, -0.25) is 14.7 Å². The van der Waals surface area contributed by atoms with Crippen LogP contribution in [-0.4, -0.2) is 28.3 Å². The zero-order chi connectivity index (χ0) is 17.1. The molecule has 2 heterocycles. The van der Waals surface area contributed by atoms with Gasteiger partial charge in [-0.05, 0) is 35.9 Å².